The minimum atomic E-state index is -0.459. The molecular weight excluding hydrogens is 459 g/mol. The SMILES string of the molecule is CCc1ccc(OC(OCc2ccc(C)cc2)c2cc(C)cc(C)c2I)cc1. The summed E-state index contributed by atoms with van der Waals surface area (Å²) in [6, 6.07) is 21.1. The van der Waals surface area contributed by atoms with Gasteiger partial charge in [0, 0.05) is 9.13 Å². The summed E-state index contributed by atoms with van der Waals surface area (Å²) >= 11 is 2.39. The zero-order chi connectivity index (χ0) is 20.1. The molecule has 3 heteroatoms. The van der Waals surface area contributed by atoms with Gasteiger partial charge in [0.1, 0.15) is 5.75 Å². The molecule has 0 aliphatic carbocycles. The topological polar surface area (TPSA) is 18.5 Å². The molecule has 1 unspecified atom stereocenters. The molecule has 0 aromatic heterocycles. The Hall–Kier alpha value is -1.85. The van der Waals surface area contributed by atoms with Gasteiger partial charge in [0.15, 0.2) is 0 Å². The molecule has 0 amide bonds. The summed E-state index contributed by atoms with van der Waals surface area (Å²) in [6.07, 6.45) is 0.557. The molecule has 0 saturated carbocycles. The lowest BCUT2D eigenvalue weighted by molar-refractivity contribution is -0.0934. The van der Waals surface area contributed by atoms with E-state index in [9.17, 15) is 0 Å². The van der Waals surface area contributed by atoms with Crippen LogP contribution in [0.15, 0.2) is 60.7 Å². The fourth-order valence-corrected chi connectivity index (χ4v) is 3.69. The van der Waals surface area contributed by atoms with Crippen LogP contribution in [0.2, 0.25) is 0 Å². The number of halogens is 1. The summed E-state index contributed by atoms with van der Waals surface area (Å²) in [7, 11) is 0. The predicted octanol–water partition coefficient (Wildman–Crippen LogP) is 7.07. The van der Waals surface area contributed by atoms with Crippen LogP contribution >= 0.6 is 22.6 Å². The first kappa shape index (κ1) is 20.9. The van der Waals surface area contributed by atoms with Crippen LogP contribution in [0.25, 0.3) is 0 Å². The van der Waals surface area contributed by atoms with E-state index in [1.54, 1.807) is 0 Å². The quantitative estimate of drug-likeness (QED) is 0.263. The first-order valence-electron chi connectivity index (χ1n) is 9.65. The molecule has 0 bridgehead atoms. The Bertz CT molecular complexity index is 915. The molecular formula is C25H27IO2. The smallest absolute Gasteiger partial charge is 0.228 e. The summed E-state index contributed by atoms with van der Waals surface area (Å²) in [5.41, 5.74) is 7.21. The van der Waals surface area contributed by atoms with Gasteiger partial charge in [-0.25, -0.2) is 0 Å². The van der Waals surface area contributed by atoms with Crippen LogP contribution in [0.4, 0.5) is 0 Å². The maximum absolute atomic E-state index is 6.31. The van der Waals surface area contributed by atoms with Crippen LogP contribution in [0.1, 0.15) is 46.6 Å². The highest BCUT2D eigenvalue weighted by molar-refractivity contribution is 14.1. The normalized spacial score (nSPS) is 12.0. The summed E-state index contributed by atoms with van der Waals surface area (Å²) in [5, 5.41) is 0. The van der Waals surface area contributed by atoms with E-state index in [4.69, 9.17) is 9.47 Å². The lowest BCUT2D eigenvalue weighted by Crippen LogP contribution is -2.14. The van der Waals surface area contributed by atoms with Gasteiger partial charge in [-0.15, -0.1) is 0 Å². The average Bonchev–Trinajstić information content (AvgIpc) is 2.69. The standard InChI is InChI=1S/C25H27IO2/c1-5-20-10-12-22(13-11-20)28-25(23-15-18(3)14-19(4)24(23)26)27-16-21-8-6-17(2)7-9-21/h6-15,25H,5,16H2,1-4H3. The fraction of sp³-hybridized carbons (Fsp3) is 0.280. The second-order valence-corrected chi connectivity index (χ2v) is 8.31. The summed E-state index contributed by atoms with van der Waals surface area (Å²) in [5.74, 6) is 0.820. The molecule has 3 rings (SSSR count). The maximum Gasteiger partial charge on any atom is 0.228 e. The van der Waals surface area contributed by atoms with Gasteiger partial charge in [0.2, 0.25) is 6.29 Å². The van der Waals surface area contributed by atoms with Gasteiger partial charge in [0.05, 0.1) is 6.61 Å². The zero-order valence-corrected chi connectivity index (χ0v) is 19.1. The van der Waals surface area contributed by atoms with E-state index in [0.29, 0.717) is 6.61 Å². The van der Waals surface area contributed by atoms with Crippen molar-refractivity contribution < 1.29 is 9.47 Å². The van der Waals surface area contributed by atoms with Crippen molar-refractivity contribution in [3.05, 3.63) is 97.6 Å². The Balaban J connectivity index is 1.87. The molecule has 146 valence electrons. The van der Waals surface area contributed by atoms with Crippen molar-refractivity contribution in [2.24, 2.45) is 0 Å². The number of hydrogen-bond acceptors (Lipinski definition) is 2. The highest BCUT2D eigenvalue weighted by Gasteiger charge is 2.19. The Morgan fingerprint density at radius 1 is 0.821 bits per heavy atom. The van der Waals surface area contributed by atoms with E-state index in [2.05, 4.69) is 98.8 Å². The van der Waals surface area contributed by atoms with Gasteiger partial charge in [-0.1, -0.05) is 60.5 Å². The highest BCUT2D eigenvalue weighted by Crippen LogP contribution is 2.30. The fourth-order valence-electron chi connectivity index (χ4n) is 3.13. The molecule has 28 heavy (non-hydrogen) atoms. The molecule has 1 atom stereocenters. The zero-order valence-electron chi connectivity index (χ0n) is 17.0. The van der Waals surface area contributed by atoms with Gasteiger partial charge >= 0.3 is 0 Å². The van der Waals surface area contributed by atoms with Gasteiger partial charge < -0.3 is 9.47 Å². The number of hydrogen-bond donors (Lipinski definition) is 0. The monoisotopic (exact) mass is 486 g/mol. The van der Waals surface area contributed by atoms with E-state index in [0.717, 1.165) is 23.3 Å². The third kappa shape index (κ3) is 5.36. The molecule has 0 heterocycles. The third-order valence-corrected chi connectivity index (χ3v) is 6.25. The van der Waals surface area contributed by atoms with E-state index in [1.165, 1.54) is 25.8 Å². The van der Waals surface area contributed by atoms with Crippen molar-refractivity contribution in [3.8, 4) is 5.75 Å². The number of aryl methyl sites for hydroxylation is 4. The average molecular weight is 486 g/mol. The molecule has 3 aromatic carbocycles. The van der Waals surface area contributed by atoms with Crippen molar-refractivity contribution in [2.45, 2.75) is 47.0 Å². The summed E-state index contributed by atoms with van der Waals surface area (Å²) in [4.78, 5) is 0. The molecule has 0 saturated heterocycles. The van der Waals surface area contributed by atoms with Crippen LogP contribution in [0.3, 0.4) is 0 Å². The lowest BCUT2D eigenvalue weighted by atomic mass is 10.1. The number of ether oxygens (including phenoxy) is 2. The second-order valence-electron chi connectivity index (χ2n) is 7.23. The van der Waals surface area contributed by atoms with Crippen LogP contribution in [-0.2, 0) is 17.8 Å². The van der Waals surface area contributed by atoms with Gasteiger partial charge in [0.25, 0.3) is 0 Å². The first-order valence-corrected chi connectivity index (χ1v) is 10.7. The van der Waals surface area contributed by atoms with Gasteiger partial charge in [-0.3, -0.25) is 0 Å². The molecule has 2 nitrogen and oxygen atoms in total. The molecule has 0 radical (unpaired) electrons. The van der Waals surface area contributed by atoms with Crippen molar-refractivity contribution >= 4 is 22.6 Å². The Morgan fingerprint density at radius 3 is 2.11 bits per heavy atom. The predicted molar refractivity (Wildman–Crippen MR) is 124 cm³/mol. The Labute approximate surface area is 182 Å². The second kappa shape index (κ2) is 9.57. The largest absolute Gasteiger partial charge is 0.461 e. The third-order valence-electron chi connectivity index (χ3n) is 4.78. The molecule has 3 aromatic rings. The lowest BCUT2D eigenvalue weighted by Gasteiger charge is -2.23. The Kier molecular flexibility index (Phi) is 7.13. The highest BCUT2D eigenvalue weighted by atomic mass is 127. The van der Waals surface area contributed by atoms with Crippen molar-refractivity contribution in [3.63, 3.8) is 0 Å². The van der Waals surface area contributed by atoms with Crippen LogP contribution < -0.4 is 4.74 Å². The minimum Gasteiger partial charge on any atom is -0.461 e. The molecule has 0 aliphatic heterocycles. The van der Waals surface area contributed by atoms with Crippen LogP contribution in [0, 0.1) is 24.3 Å². The van der Waals surface area contributed by atoms with Gasteiger partial charge in [-0.2, -0.15) is 0 Å². The van der Waals surface area contributed by atoms with Crippen LogP contribution in [0.5, 0.6) is 5.75 Å². The van der Waals surface area contributed by atoms with E-state index in [-0.39, 0.29) is 0 Å². The Morgan fingerprint density at radius 2 is 1.46 bits per heavy atom. The molecule has 0 fully saturated rings. The van der Waals surface area contributed by atoms with Crippen molar-refractivity contribution in [1.82, 2.24) is 0 Å². The molecule has 0 aliphatic rings. The van der Waals surface area contributed by atoms with E-state index < -0.39 is 6.29 Å². The van der Waals surface area contributed by atoms with Crippen molar-refractivity contribution in [1.29, 1.82) is 0 Å². The van der Waals surface area contributed by atoms with E-state index in [1.807, 2.05) is 12.1 Å². The first-order chi connectivity index (χ1) is 13.5. The molecule has 0 N–H and O–H groups in total. The van der Waals surface area contributed by atoms with E-state index >= 15 is 0 Å². The number of rotatable bonds is 7. The number of benzene rings is 3. The summed E-state index contributed by atoms with van der Waals surface area (Å²) < 4.78 is 13.8. The summed E-state index contributed by atoms with van der Waals surface area (Å²) in [6.45, 7) is 8.99. The van der Waals surface area contributed by atoms with Crippen LogP contribution in [-0.4, -0.2) is 0 Å². The van der Waals surface area contributed by atoms with Crippen molar-refractivity contribution in [2.75, 3.05) is 0 Å². The molecule has 0 spiro atoms. The van der Waals surface area contributed by atoms with Gasteiger partial charge in [-0.05, 0) is 84.7 Å². The minimum absolute atomic E-state index is 0.459. The maximum atomic E-state index is 6.31.